The zero-order valence-electron chi connectivity index (χ0n) is 15.4. The molecule has 0 bridgehead atoms. The lowest BCUT2D eigenvalue weighted by Gasteiger charge is -2.19. The van der Waals surface area contributed by atoms with Crippen LogP contribution < -0.4 is 4.90 Å². The molecule has 1 aromatic rings. The number of hydrogen-bond acceptors (Lipinski definition) is 1. The number of hydrogen-bond donors (Lipinski definition) is 0. The number of fused-ring (bicyclic) bond motifs is 1. The van der Waals surface area contributed by atoms with E-state index in [4.69, 9.17) is 0 Å². The van der Waals surface area contributed by atoms with Crippen LogP contribution >= 0.6 is 0 Å². The summed E-state index contributed by atoms with van der Waals surface area (Å²) in [5.74, 6) is 0. The van der Waals surface area contributed by atoms with Gasteiger partial charge < -0.3 is 4.90 Å². The van der Waals surface area contributed by atoms with Gasteiger partial charge in [0, 0.05) is 18.8 Å². The summed E-state index contributed by atoms with van der Waals surface area (Å²) in [5.41, 5.74) is 3.04. The van der Waals surface area contributed by atoms with Gasteiger partial charge in [0.1, 0.15) is 0 Å². The Morgan fingerprint density at radius 2 is 1.30 bits per heavy atom. The molecule has 0 unspecified atom stereocenters. The van der Waals surface area contributed by atoms with Crippen LogP contribution in [0.15, 0.2) is 24.3 Å². The molecule has 0 fully saturated rings. The van der Waals surface area contributed by atoms with Crippen LogP contribution in [0.5, 0.6) is 0 Å². The Hall–Kier alpha value is -0.980. The van der Waals surface area contributed by atoms with E-state index >= 15 is 0 Å². The SMILES string of the molecule is CCCCCCCCCCCCCCN1CCc2ccccc21. The van der Waals surface area contributed by atoms with E-state index in [0.29, 0.717) is 0 Å². The fourth-order valence-corrected chi connectivity index (χ4v) is 3.78. The monoisotopic (exact) mass is 315 g/mol. The molecule has 2 rings (SSSR count). The van der Waals surface area contributed by atoms with Gasteiger partial charge in [0.15, 0.2) is 0 Å². The molecule has 1 nitrogen and oxygen atoms in total. The maximum Gasteiger partial charge on any atom is 0.0399 e. The third-order valence-corrected chi connectivity index (χ3v) is 5.26. The Bertz CT molecular complexity index is 412. The van der Waals surface area contributed by atoms with Gasteiger partial charge in [0.2, 0.25) is 0 Å². The molecule has 0 saturated heterocycles. The van der Waals surface area contributed by atoms with Crippen LogP contribution in [-0.4, -0.2) is 13.1 Å². The number of para-hydroxylation sites is 1. The fourth-order valence-electron chi connectivity index (χ4n) is 3.78. The van der Waals surface area contributed by atoms with Crippen LogP contribution in [0.25, 0.3) is 0 Å². The highest BCUT2D eigenvalue weighted by molar-refractivity contribution is 5.57. The van der Waals surface area contributed by atoms with Crippen LogP contribution in [0.3, 0.4) is 0 Å². The van der Waals surface area contributed by atoms with Crippen LogP contribution in [0.2, 0.25) is 0 Å². The second kappa shape index (κ2) is 11.5. The molecule has 1 aromatic carbocycles. The first-order chi connectivity index (χ1) is 11.4. The van der Waals surface area contributed by atoms with E-state index in [2.05, 4.69) is 36.1 Å². The fraction of sp³-hybridized carbons (Fsp3) is 0.727. The van der Waals surface area contributed by atoms with Gasteiger partial charge >= 0.3 is 0 Å². The quantitative estimate of drug-likeness (QED) is 0.364. The molecule has 0 aliphatic carbocycles. The Morgan fingerprint density at radius 1 is 0.739 bits per heavy atom. The predicted molar refractivity (Wildman–Crippen MR) is 103 cm³/mol. The van der Waals surface area contributed by atoms with Crippen LogP contribution in [0.4, 0.5) is 5.69 Å². The molecule has 1 aliphatic rings. The van der Waals surface area contributed by atoms with Gasteiger partial charge in [0.25, 0.3) is 0 Å². The minimum absolute atomic E-state index is 1.23. The average Bonchev–Trinajstić information content (AvgIpc) is 2.99. The molecule has 130 valence electrons. The van der Waals surface area contributed by atoms with E-state index in [1.54, 1.807) is 5.56 Å². The summed E-state index contributed by atoms with van der Waals surface area (Å²) in [6.07, 6.45) is 18.5. The third-order valence-electron chi connectivity index (χ3n) is 5.26. The summed E-state index contributed by atoms with van der Waals surface area (Å²) in [5, 5.41) is 0. The molecule has 0 atom stereocenters. The second-order valence-corrected chi connectivity index (χ2v) is 7.25. The summed E-state index contributed by atoms with van der Waals surface area (Å²) in [4.78, 5) is 2.59. The first-order valence-electron chi connectivity index (χ1n) is 10.2. The predicted octanol–water partition coefficient (Wildman–Crippen LogP) is 6.75. The molecule has 1 heterocycles. The van der Waals surface area contributed by atoms with Crippen LogP contribution in [0, 0.1) is 0 Å². The highest BCUT2D eigenvalue weighted by Gasteiger charge is 2.16. The van der Waals surface area contributed by atoms with E-state index in [1.807, 2.05) is 0 Å². The molecular weight excluding hydrogens is 278 g/mol. The van der Waals surface area contributed by atoms with Crippen molar-refractivity contribution in [2.45, 2.75) is 90.4 Å². The van der Waals surface area contributed by atoms with Gasteiger partial charge in [-0.3, -0.25) is 0 Å². The normalized spacial score (nSPS) is 13.5. The Kier molecular flexibility index (Phi) is 9.21. The second-order valence-electron chi connectivity index (χ2n) is 7.25. The maximum atomic E-state index is 2.59. The van der Waals surface area contributed by atoms with Crippen molar-refractivity contribution in [1.82, 2.24) is 0 Å². The molecule has 0 saturated carbocycles. The van der Waals surface area contributed by atoms with E-state index in [0.717, 1.165) is 0 Å². The van der Waals surface area contributed by atoms with Crippen molar-refractivity contribution in [1.29, 1.82) is 0 Å². The Balaban J connectivity index is 1.39. The maximum absolute atomic E-state index is 2.59. The summed E-state index contributed by atoms with van der Waals surface area (Å²) in [6, 6.07) is 8.94. The summed E-state index contributed by atoms with van der Waals surface area (Å²) in [7, 11) is 0. The molecule has 0 N–H and O–H groups in total. The summed E-state index contributed by atoms with van der Waals surface area (Å²) < 4.78 is 0. The van der Waals surface area contributed by atoms with Crippen LogP contribution in [0.1, 0.15) is 89.5 Å². The van der Waals surface area contributed by atoms with Gasteiger partial charge in [-0.2, -0.15) is 0 Å². The lowest BCUT2D eigenvalue weighted by Crippen LogP contribution is -2.21. The third kappa shape index (κ3) is 6.97. The topological polar surface area (TPSA) is 3.24 Å². The first-order valence-corrected chi connectivity index (χ1v) is 10.2. The number of benzene rings is 1. The molecular formula is C22H37N. The molecule has 1 heteroatoms. The highest BCUT2D eigenvalue weighted by atomic mass is 15.1. The van der Waals surface area contributed by atoms with Crippen molar-refractivity contribution in [3.8, 4) is 0 Å². The zero-order chi connectivity index (χ0) is 16.2. The van der Waals surface area contributed by atoms with E-state index in [9.17, 15) is 0 Å². The summed E-state index contributed by atoms with van der Waals surface area (Å²) in [6.45, 7) is 4.79. The lowest BCUT2D eigenvalue weighted by molar-refractivity contribution is 0.543. The lowest BCUT2D eigenvalue weighted by atomic mass is 10.1. The van der Waals surface area contributed by atoms with E-state index < -0.39 is 0 Å². The van der Waals surface area contributed by atoms with Gasteiger partial charge in [-0.25, -0.2) is 0 Å². The molecule has 1 aliphatic heterocycles. The van der Waals surface area contributed by atoms with Crippen LogP contribution in [-0.2, 0) is 6.42 Å². The smallest absolute Gasteiger partial charge is 0.0399 e. The zero-order valence-corrected chi connectivity index (χ0v) is 15.4. The number of unbranched alkanes of at least 4 members (excludes halogenated alkanes) is 11. The van der Waals surface area contributed by atoms with Crippen molar-refractivity contribution < 1.29 is 0 Å². The molecule has 0 aromatic heterocycles. The molecule has 0 spiro atoms. The summed E-state index contributed by atoms with van der Waals surface area (Å²) >= 11 is 0. The van der Waals surface area contributed by atoms with Crippen molar-refractivity contribution >= 4 is 5.69 Å². The van der Waals surface area contributed by atoms with Gasteiger partial charge in [-0.1, -0.05) is 95.8 Å². The van der Waals surface area contributed by atoms with Crippen molar-refractivity contribution in [2.75, 3.05) is 18.0 Å². The standard InChI is InChI=1S/C22H37N/c1-2-3-4-5-6-7-8-9-10-11-12-15-19-23-20-18-21-16-13-14-17-22(21)23/h13-14,16-17H,2-12,15,18-20H2,1H3. The average molecular weight is 316 g/mol. The minimum atomic E-state index is 1.23. The number of anilines is 1. The first kappa shape index (κ1) is 18.4. The molecule has 0 amide bonds. The minimum Gasteiger partial charge on any atom is -0.371 e. The molecule has 0 radical (unpaired) electrons. The van der Waals surface area contributed by atoms with Crippen molar-refractivity contribution in [3.05, 3.63) is 29.8 Å². The van der Waals surface area contributed by atoms with Crippen molar-refractivity contribution in [2.24, 2.45) is 0 Å². The Labute approximate surface area is 144 Å². The largest absolute Gasteiger partial charge is 0.371 e. The Morgan fingerprint density at radius 3 is 1.96 bits per heavy atom. The highest BCUT2D eigenvalue weighted by Crippen LogP contribution is 2.27. The number of nitrogens with zero attached hydrogens (tertiary/aromatic N) is 1. The van der Waals surface area contributed by atoms with Gasteiger partial charge in [-0.05, 0) is 24.5 Å². The van der Waals surface area contributed by atoms with E-state index in [1.165, 1.54) is 102 Å². The van der Waals surface area contributed by atoms with E-state index in [-0.39, 0.29) is 0 Å². The van der Waals surface area contributed by atoms with Gasteiger partial charge in [0.05, 0.1) is 0 Å². The van der Waals surface area contributed by atoms with Gasteiger partial charge in [-0.15, -0.1) is 0 Å². The number of rotatable bonds is 13. The molecule has 23 heavy (non-hydrogen) atoms. The van der Waals surface area contributed by atoms with Crippen molar-refractivity contribution in [3.63, 3.8) is 0 Å².